The average molecular weight is 192 g/mol. The van der Waals surface area contributed by atoms with Gasteiger partial charge in [-0.05, 0) is 17.6 Å². The van der Waals surface area contributed by atoms with E-state index in [1.54, 1.807) is 7.11 Å². The molecule has 0 atom stereocenters. The molecule has 12 heavy (non-hydrogen) atoms. The maximum absolute atomic E-state index is 5.46. The van der Waals surface area contributed by atoms with Crippen molar-refractivity contribution < 1.29 is 9.47 Å². The first kappa shape index (κ1) is 12.3. The lowest BCUT2D eigenvalue weighted by atomic mass is 9.98. The minimum absolute atomic E-state index is 0.191. The van der Waals surface area contributed by atoms with Gasteiger partial charge in [0.1, 0.15) is 0 Å². The molecule has 0 N–H and O–H groups in total. The van der Waals surface area contributed by atoms with Gasteiger partial charge >= 0.3 is 0 Å². The Bertz CT molecular complexity index is 105. The fourth-order valence-corrected chi connectivity index (χ4v) is 0.791. The molecule has 0 aromatic rings. The fourth-order valence-electron chi connectivity index (χ4n) is 0.699. The zero-order valence-electron chi connectivity index (χ0n) is 8.30. The Labute approximate surface area is 81.0 Å². The summed E-state index contributed by atoms with van der Waals surface area (Å²) < 4.78 is 10.4. The van der Waals surface area contributed by atoms with E-state index in [0.29, 0.717) is 0 Å². The number of ether oxygens (including phenoxy) is 2. The maximum atomic E-state index is 5.46. The highest BCUT2D eigenvalue weighted by molar-refractivity contribution is 7.80. The van der Waals surface area contributed by atoms with E-state index in [0.717, 1.165) is 32.0 Å². The molecule has 0 aliphatic carbocycles. The van der Waals surface area contributed by atoms with Crippen LogP contribution in [-0.4, -0.2) is 32.7 Å². The minimum atomic E-state index is 0.191. The normalized spacial score (nSPS) is 12.0. The van der Waals surface area contributed by atoms with E-state index >= 15 is 0 Å². The third-order valence-corrected chi connectivity index (χ3v) is 2.41. The predicted octanol–water partition coefficient (Wildman–Crippen LogP) is 2.00. The summed E-state index contributed by atoms with van der Waals surface area (Å²) in [5, 5.41) is 0. The number of thiol groups is 1. The van der Waals surface area contributed by atoms with Crippen molar-refractivity contribution in [3.05, 3.63) is 0 Å². The molecule has 0 fully saturated rings. The maximum Gasteiger partial charge on any atom is 0.0524 e. The SMILES string of the molecule is COCCCOCC(C)(C)CS. The molecule has 0 amide bonds. The van der Waals surface area contributed by atoms with Crippen molar-refractivity contribution in [2.45, 2.75) is 20.3 Å². The second kappa shape index (κ2) is 6.75. The van der Waals surface area contributed by atoms with Crippen LogP contribution in [0, 0.1) is 5.41 Å². The summed E-state index contributed by atoms with van der Waals surface area (Å²) in [5.41, 5.74) is 0.191. The molecule has 0 saturated carbocycles. The molecular weight excluding hydrogens is 172 g/mol. The first-order chi connectivity index (χ1) is 5.62. The van der Waals surface area contributed by atoms with E-state index in [1.165, 1.54) is 0 Å². The van der Waals surface area contributed by atoms with Gasteiger partial charge in [-0.3, -0.25) is 0 Å². The molecule has 0 heterocycles. The van der Waals surface area contributed by atoms with Gasteiger partial charge < -0.3 is 9.47 Å². The first-order valence-corrected chi connectivity index (χ1v) is 4.93. The number of rotatable bonds is 7. The summed E-state index contributed by atoms with van der Waals surface area (Å²) in [6.45, 7) is 6.64. The smallest absolute Gasteiger partial charge is 0.0524 e. The van der Waals surface area contributed by atoms with Crippen molar-refractivity contribution in [1.82, 2.24) is 0 Å². The average Bonchev–Trinajstić information content (AvgIpc) is 2.04. The standard InChI is InChI=1S/C9H20O2S/c1-9(2,8-12)7-11-6-4-5-10-3/h12H,4-8H2,1-3H3. The summed E-state index contributed by atoms with van der Waals surface area (Å²) in [6, 6.07) is 0. The van der Waals surface area contributed by atoms with Crippen LogP contribution in [0.3, 0.4) is 0 Å². The lowest BCUT2D eigenvalue weighted by Gasteiger charge is -2.21. The van der Waals surface area contributed by atoms with Crippen molar-refractivity contribution in [3.8, 4) is 0 Å². The molecule has 0 aromatic carbocycles. The third-order valence-electron chi connectivity index (χ3n) is 1.56. The molecular formula is C9H20O2S. The lowest BCUT2D eigenvalue weighted by Crippen LogP contribution is -2.21. The number of hydrogen-bond acceptors (Lipinski definition) is 3. The van der Waals surface area contributed by atoms with Gasteiger partial charge in [0.05, 0.1) is 6.61 Å². The second-order valence-electron chi connectivity index (χ2n) is 3.72. The Balaban J connectivity index is 3.19. The zero-order valence-corrected chi connectivity index (χ0v) is 9.19. The summed E-state index contributed by atoms with van der Waals surface area (Å²) in [5.74, 6) is 0.858. The Morgan fingerprint density at radius 2 is 1.92 bits per heavy atom. The van der Waals surface area contributed by atoms with Crippen LogP contribution >= 0.6 is 12.6 Å². The molecule has 74 valence electrons. The third kappa shape index (κ3) is 6.95. The highest BCUT2D eigenvalue weighted by atomic mass is 32.1. The monoisotopic (exact) mass is 192 g/mol. The Kier molecular flexibility index (Phi) is 6.90. The Morgan fingerprint density at radius 1 is 1.25 bits per heavy atom. The molecule has 0 aliphatic rings. The van der Waals surface area contributed by atoms with Gasteiger partial charge in [-0.25, -0.2) is 0 Å². The molecule has 0 aromatic heterocycles. The van der Waals surface area contributed by atoms with Crippen molar-refractivity contribution in [1.29, 1.82) is 0 Å². The molecule has 0 aliphatic heterocycles. The largest absolute Gasteiger partial charge is 0.385 e. The van der Waals surface area contributed by atoms with Crippen LogP contribution in [-0.2, 0) is 9.47 Å². The van der Waals surface area contributed by atoms with Gasteiger partial charge in [-0.1, -0.05) is 13.8 Å². The van der Waals surface area contributed by atoms with Crippen LogP contribution in [0.15, 0.2) is 0 Å². The molecule has 0 radical (unpaired) electrons. The van der Waals surface area contributed by atoms with Crippen LogP contribution in [0.1, 0.15) is 20.3 Å². The van der Waals surface area contributed by atoms with Gasteiger partial charge in [-0.15, -0.1) is 0 Å². The predicted molar refractivity (Wildman–Crippen MR) is 54.9 cm³/mol. The summed E-state index contributed by atoms with van der Waals surface area (Å²) >= 11 is 4.24. The van der Waals surface area contributed by atoms with E-state index < -0.39 is 0 Å². The van der Waals surface area contributed by atoms with Crippen molar-refractivity contribution >= 4 is 12.6 Å². The second-order valence-corrected chi connectivity index (χ2v) is 4.04. The Morgan fingerprint density at radius 3 is 2.42 bits per heavy atom. The highest BCUT2D eigenvalue weighted by Gasteiger charge is 2.15. The quantitative estimate of drug-likeness (QED) is 0.491. The van der Waals surface area contributed by atoms with E-state index in [1.807, 2.05) is 0 Å². The van der Waals surface area contributed by atoms with E-state index in [-0.39, 0.29) is 5.41 Å². The molecule has 2 nitrogen and oxygen atoms in total. The molecule has 0 saturated heterocycles. The summed E-state index contributed by atoms with van der Waals surface area (Å²) in [6.07, 6.45) is 0.971. The van der Waals surface area contributed by atoms with Crippen molar-refractivity contribution in [2.24, 2.45) is 5.41 Å². The molecule has 0 spiro atoms. The molecule has 3 heteroatoms. The highest BCUT2D eigenvalue weighted by Crippen LogP contribution is 2.16. The molecule has 0 unspecified atom stereocenters. The van der Waals surface area contributed by atoms with E-state index in [9.17, 15) is 0 Å². The number of hydrogen-bond donors (Lipinski definition) is 1. The van der Waals surface area contributed by atoms with E-state index in [4.69, 9.17) is 9.47 Å². The lowest BCUT2D eigenvalue weighted by molar-refractivity contribution is 0.0583. The van der Waals surface area contributed by atoms with Crippen LogP contribution in [0.2, 0.25) is 0 Å². The first-order valence-electron chi connectivity index (χ1n) is 4.30. The molecule has 0 rings (SSSR count). The summed E-state index contributed by atoms with van der Waals surface area (Å²) in [7, 11) is 1.71. The summed E-state index contributed by atoms with van der Waals surface area (Å²) in [4.78, 5) is 0. The van der Waals surface area contributed by atoms with Gasteiger partial charge in [0.25, 0.3) is 0 Å². The van der Waals surface area contributed by atoms with Crippen molar-refractivity contribution in [2.75, 3.05) is 32.7 Å². The van der Waals surface area contributed by atoms with E-state index in [2.05, 4.69) is 26.5 Å². The van der Waals surface area contributed by atoms with Gasteiger partial charge in [0, 0.05) is 20.3 Å². The van der Waals surface area contributed by atoms with Crippen LogP contribution in [0.25, 0.3) is 0 Å². The Hall–Kier alpha value is 0.270. The fraction of sp³-hybridized carbons (Fsp3) is 1.00. The molecule has 0 bridgehead atoms. The van der Waals surface area contributed by atoms with Gasteiger partial charge in [0.2, 0.25) is 0 Å². The van der Waals surface area contributed by atoms with Crippen molar-refractivity contribution in [3.63, 3.8) is 0 Å². The van der Waals surface area contributed by atoms with Gasteiger partial charge in [0.15, 0.2) is 0 Å². The zero-order chi connectivity index (χ0) is 9.45. The van der Waals surface area contributed by atoms with Crippen LogP contribution < -0.4 is 0 Å². The van der Waals surface area contributed by atoms with Gasteiger partial charge in [-0.2, -0.15) is 12.6 Å². The topological polar surface area (TPSA) is 18.5 Å². The van der Waals surface area contributed by atoms with Crippen LogP contribution in [0.4, 0.5) is 0 Å². The van der Waals surface area contributed by atoms with Crippen LogP contribution in [0.5, 0.6) is 0 Å². The minimum Gasteiger partial charge on any atom is -0.385 e. The number of methoxy groups -OCH3 is 1.